The summed E-state index contributed by atoms with van der Waals surface area (Å²) in [6, 6.07) is 55.3. The van der Waals surface area contributed by atoms with Crippen molar-refractivity contribution in [3.8, 4) is 34.6 Å². The fourth-order valence-electron chi connectivity index (χ4n) is 9.06. The molecular weight excluding hydrogens is 715 g/mol. The summed E-state index contributed by atoms with van der Waals surface area (Å²) in [7, 11) is 0. The second kappa shape index (κ2) is 11.7. The summed E-state index contributed by atoms with van der Waals surface area (Å²) in [5.74, 6) is 0. The Morgan fingerprint density at radius 2 is 0.966 bits per heavy atom. The van der Waals surface area contributed by atoms with Gasteiger partial charge in [0, 0.05) is 43.7 Å². The van der Waals surface area contributed by atoms with Crippen molar-refractivity contribution in [1.82, 2.24) is 9.13 Å². The van der Waals surface area contributed by atoms with Crippen LogP contribution in [0.1, 0.15) is 11.1 Å². The molecule has 0 amide bonds. The third-order valence-corrected chi connectivity index (χ3v) is 11.5. The van der Waals surface area contributed by atoms with Gasteiger partial charge in [0.25, 0.3) is 0 Å². The standard InChI is InChI=1S/C51H25N5O2/c1-54-33-15-19-45-41(25-33)49-47(58-45)21-17-39-37-7-3-5-9-43(37)56(51(39)49)35-24-32(31-13-10-29(27-52)11-14-31)23-34(26-35)55-42-8-4-2-6-36(42)38-16-20-46-48(50(38)55)40-22-30(28-53)12-18-44(40)57-46/h2-26H. The number of benzene rings is 8. The van der Waals surface area contributed by atoms with Crippen molar-refractivity contribution in [3.05, 3.63) is 174 Å². The predicted molar refractivity (Wildman–Crippen MR) is 231 cm³/mol. The third kappa shape index (κ3) is 4.34. The second-order valence-electron chi connectivity index (χ2n) is 14.6. The highest BCUT2D eigenvalue weighted by Crippen LogP contribution is 2.45. The molecule has 0 radical (unpaired) electrons. The fourth-order valence-corrected chi connectivity index (χ4v) is 9.06. The monoisotopic (exact) mass is 739 g/mol. The summed E-state index contributed by atoms with van der Waals surface area (Å²) < 4.78 is 17.5. The Bertz CT molecular complexity index is 3670. The molecule has 4 heterocycles. The van der Waals surface area contributed by atoms with Gasteiger partial charge in [0.1, 0.15) is 22.3 Å². The average Bonchev–Trinajstić information content (AvgIpc) is 4.03. The Hall–Kier alpha value is -8.57. The maximum absolute atomic E-state index is 9.92. The van der Waals surface area contributed by atoms with Gasteiger partial charge >= 0.3 is 0 Å². The summed E-state index contributed by atoms with van der Waals surface area (Å²) in [6.45, 7) is 7.80. The van der Waals surface area contributed by atoms with E-state index in [1.54, 1.807) is 12.1 Å². The minimum Gasteiger partial charge on any atom is -0.456 e. The molecule has 4 aromatic heterocycles. The summed E-state index contributed by atoms with van der Waals surface area (Å²) in [5.41, 5.74) is 12.4. The van der Waals surface area contributed by atoms with Gasteiger partial charge in [-0.15, -0.1) is 0 Å². The molecule has 12 aromatic rings. The van der Waals surface area contributed by atoms with E-state index in [2.05, 4.69) is 105 Å². The van der Waals surface area contributed by atoms with E-state index in [0.717, 1.165) is 104 Å². The zero-order chi connectivity index (χ0) is 38.6. The van der Waals surface area contributed by atoms with Gasteiger partial charge in [-0.3, -0.25) is 0 Å². The van der Waals surface area contributed by atoms with Crippen molar-refractivity contribution in [1.29, 1.82) is 10.5 Å². The molecule has 0 aliphatic carbocycles. The smallest absolute Gasteiger partial charge is 0.188 e. The lowest BCUT2D eigenvalue weighted by atomic mass is 10.0. The molecule has 0 aliphatic rings. The topological polar surface area (TPSA) is 88.1 Å². The van der Waals surface area contributed by atoms with E-state index in [1.807, 2.05) is 60.7 Å². The Balaban J connectivity index is 1.26. The molecule has 0 fully saturated rings. The zero-order valence-corrected chi connectivity index (χ0v) is 30.5. The van der Waals surface area contributed by atoms with Crippen LogP contribution in [-0.2, 0) is 0 Å². The quantitative estimate of drug-likeness (QED) is 0.169. The summed E-state index contributed by atoms with van der Waals surface area (Å²) in [5, 5.41) is 27.6. The van der Waals surface area contributed by atoms with Gasteiger partial charge < -0.3 is 18.0 Å². The van der Waals surface area contributed by atoms with Crippen molar-refractivity contribution >= 4 is 93.2 Å². The predicted octanol–water partition coefficient (Wildman–Crippen LogP) is 13.6. The van der Waals surface area contributed by atoms with Crippen LogP contribution < -0.4 is 0 Å². The molecule has 0 atom stereocenters. The second-order valence-corrected chi connectivity index (χ2v) is 14.6. The number of furan rings is 2. The highest BCUT2D eigenvalue weighted by molar-refractivity contribution is 6.26. The first-order chi connectivity index (χ1) is 28.6. The van der Waals surface area contributed by atoms with Gasteiger partial charge in [-0.05, 0) is 108 Å². The molecule has 266 valence electrons. The third-order valence-electron chi connectivity index (χ3n) is 11.5. The number of aromatic nitrogens is 2. The Kier molecular flexibility index (Phi) is 6.41. The lowest BCUT2D eigenvalue weighted by Crippen LogP contribution is -2.00. The van der Waals surface area contributed by atoms with Crippen molar-refractivity contribution in [2.24, 2.45) is 0 Å². The van der Waals surface area contributed by atoms with Crippen LogP contribution in [0.2, 0.25) is 0 Å². The van der Waals surface area contributed by atoms with Crippen LogP contribution in [0, 0.1) is 29.2 Å². The van der Waals surface area contributed by atoms with E-state index in [1.165, 1.54) is 0 Å². The molecule has 7 nitrogen and oxygen atoms in total. The van der Waals surface area contributed by atoms with Crippen LogP contribution in [-0.4, -0.2) is 9.13 Å². The molecule has 0 unspecified atom stereocenters. The molecule has 0 saturated carbocycles. The van der Waals surface area contributed by atoms with Crippen molar-refractivity contribution in [2.45, 2.75) is 0 Å². The molecule has 0 bridgehead atoms. The van der Waals surface area contributed by atoms with Crippen LogP contribution >= 0.6 is 0 Å². The number of nitrogens with zero attached hydrogens (tertiary/aromatic N) is 5. The number of hydrogen-bond acceptors (Lipinski definition) is 4. The number of para-hydroxylation sites is 2. The summed E-state index contributed by atoms with van der Waals surface area (Å²) in [6.07, 6.45) is 0. The molecule has 0 saturated heterocycles. The number of nitriles is 2. The van der Waals surface area contributed by atoms with Gasteiger partial charge in [0.05, 0.1) is 62.7 Å². The van der Waals surface area contributed by atoms with Crippen LogP contribution in [0.25, 0.3) is 115 Å². The first kappa shape index (κ1) is 31.7. The Morgan fingerprint density at radius 1 is 0.448 bits per heavy atom. The largest absolute Gasteiger partial charge is 0.456 e. The number of fused-ring (bicyclic) bond motifs is 14. The van der Waals surface area contributed by atoms with Gasteiger partial charge in [-0.25, -0.2) is 4.85 Å². The molecule has 58 heavy (non-hydrogen) atoms. The summed E-state index contributed by atoms with van der Waals surface area (Å²) >= 11 is 0. The minimum absolute atomic E-state index is 0.548. The average molecular weight is 740 g/mol. The van der Waals surface area contributed by atoms with Gasteiger partial charge in [0.15, 0.2) is 5.69 Å². The maximum atomic E-state index is 9.92. The first-order valence-corrected chi connectivity index (χ1v) is 18.8. The molecule has 0 N–H and O–H groups in total. The Morgan fingerprint density at radius 3 is 1.53 bits per heavy atom. The molecule has 0 aliphatic heterocycles. The van der Waals surface area contributed by atoms with Crippen LogP contribution in [0.4, 0.5) is 5.69 Å². The highest BCUT2D eigenvalue weighted by atomic mass is 16.3. The van der Waals surface area contributed by atoms with E-state index < -0.39 is 0 Å². The molecule has 12 rings (SSSR count). The van der Waals surface area contributed by atoms with E-state index in [9.17, 15) is 10.5 Å². The minimum atomic E-state index is 0.548. The molecule has 8 aromatic carbocycles. The molecule has 0 spiro atoms. The fraction of sp³-hybridized carbons (Fsp3) is 0. The molecule has 7 heteroatoms. The van der Waals surface area contributed by atoms with E-state index in [4.69, 9.17) is 15.4 Å². The number of hydrogen-bond donors (Lipinski definition) is 0. The number of rotatable bonds is 3. The van der Waals surface area contributed by atoms with Gasteiger partial charge in [-0.2, -0.15) is 10.5 Å². The van der Waals surface area contributed by atoms with Crippen molar-refractivity contribution in [2.75, 3.05) is 0 Å². The van der Waals surface area contributed by atoms with Crippen LogP contribution in [0.5, 0.6) is 0 Å². The van der Waals surface area contributed by atoms with E-state index >= 15 is 0 Å². The maximum Gasteiger partial charge on any atom is 0.188 e. The van der Waals surface area contributed by atoms with Crippen LogP contribution in [0.3, 0.4) is 0 Å². The molecular formula is C51H25N5O2. The normalized spacial score (nSPS) is 11.7. The highest BCUT2D eigenvalue weighted by Gasteiger charge is 2.23. The SMILES string of the molecule is [C-]#[N+]c1ccc2oc3ccc4c5ccccc5n(-c5cc(-c6ccc(C#N)cc6)cc(-n6c7ccccc7c7ccc8oc9ccc(C#N)cc9c8c76)c5)c4c3c2c1. The van der Waals surface area contributed by atoms with Gasteiger partial charge in [0.2, 0.25) is 0 Å². The van der Waals surface area contributed by atoms with E-state index in [0.29, 0.717) is 22.4 Å². The lowest BCUT2D eigenvalue weighted by Gasteiger charge is -2.16. The van der Waals surface area contributed by atoms with Gasteiger partial charge in [-0.1, -0.05) is 54.6 Å². The Labute approximate surface area is 329 Å². The lowest BCUT2D eigenvalue weighted by molar-refractivity contribution is 0.669. The zero-order valence-electron chi connectivity index (χ0n) is 30.5. The van der Waals surface area contributed by atoms with Crippen LogP contribution in [0.15, 0.2) is 160 Å². The first-order valence-electron chi connectivity index (χ1n) is 18.8. The van der Waals surface area contributed by atoms with Crippen molar-refractivity contribution < 1.29 is 8.83 Å². The van der Waals surface area contributed by atoms with Crippen molar-refractivity contribution in [3.63, 3.8) is 0 Å². The summed E-state index contributed by atoms with van der Waals surface area (Å²) in [4.78, 5) is 3.76. The van der Waals surface area contributed by atoms with E-state index in [-0.39, 0.29) is 0 Å².